The number of nitrogens with zero attached hydrogens (tertiary/aromatic N) is 1. The number of halogens is 1. The van der Waals surface area contributed by atoms with Crippen LogP contribution in [0.4, 0.5) is 5.69 Å². The summed E-state index contributed by atoms with van der Waals surface area (Å²) < 4.78 is 0.833. The topological polar surface area (TPSA) is 47.8 Å². The van der Waals surface area contributed by atoms with Crippen molar-refractivity contribution in [1.29, 1.82) is 5.26 Å². The maximum absolute atomic E-state index is 9.09. The minimum Gasteiger partial charge on any atom is -0.392 e. The number of nitriles is 1. The summed E-state index contributed by atoms with van der Waals surface area (Å²) in [7, 11) is 1.83. The van der Waals surface area contributed by atoms with Gasteiger partial charge in [-0.15, -0.1) is 0 Å². The molecule has 0 heterocycles. The van der Waals surface area contributed by atoms with Crippen molar-refractivity contribution in [3.63, 3.8) is 0 Å². The second-order valence-electron chi connectivity index (χ2n) is 3.72. The standard InChI is InChI=1S/C14H12BrN3/c1-17-9-14(15)18-13-7-6-10(8-16)11-4-2-3-5-12(11)13/h2-7,9,17-18H,1H3/b14-9-. The number of fused-ring (bicyclic) bond motifs is 1. The molecule has 0 bridgehead atoms. The van der Waals surface area contributed by atoms with E-state index in [0.29, 0.717) is 5.56 Å². The highest BCUT2D eigenvalue weighted by molar-refractivity contribution is 9.11. The average Bonchev–Trinajstić information content (AvgIpc) is 2.39. The molecule has 3 nitrogen and oxygen atoms in total. The Kier molecular flexibility index (Phi) is 3.85. The molecule has 0 radical (unpaired) electrons. The van der Waals surface area contributed by atoms with Gasteiger partial charge >= 0.3 is 0 Å². The zero-order chi connectivity index (χ0) is 13.0. The third-order valence-electron chi connectivity index (χ3n) is 2.57. The number of benzene rings is 2. The average molecular weight is 302 g/mol. The predicted octanol–water partition coefficient (Wildman–Crippen LogP) is 3.54. The zero-order valence-electron chi connectivity index (χ0n) is 9.87. The van der Waals surface area contributed by atoms with E-state index in [1.165, 1.54) is 0 Å². The second kappa shape index (κ2) is 5.56. The van der Waals surface area contributed by atoms with Crippen molar-refractivity contribution in [2.75, 3.05) is 12.4 Å². The van der Waals surface area contributed by atoms with Crippen molar-refractivity contribution < 1.29 is 0 Å². The molecule has 2 N–H and O–H groups in total. The molecular weight excluding hydrogens is 290 g/mol. The molecule has 0 saturated heterocycles. The quantitative estimate of drug-likeness (QED) is 0.853. The maximum Gasteiger partial charge on any atom is 0.0998 e. The lowest BCUT2D eigenvalue weighted by Gasteiger charge is -2.10. The van der Waals surface area contributed by atoms with Gasteiger partial charge in [0.1, 0.15) is 0 Å². The van der Waals surface area contributed by atoms with E-state index in [4.69, 9.17) is 5.26 Å². The highest BCUT2D eigenvalue weighted by atomic mass is 79.9. The fraction of sp³-hybridized carbons (Fsp3) is 0.0714. The van der Waals surface area contributed by atoms with Gasteiger partial charge in [0.2, 0.25) is 0 Å². The van der Waals surface area contributed by atoms with Crippen LogP contribution in [0.15, 0.2) is 47.2 Å². The van der Waals surface area contributed by atoms with Crippen LogP contribution in [0.25, 0.3) is 10.8 Å². The minimum absolute atomic E-state index is 0.685. The van der Waals surface area contributed by atoms with Crippen LogP contribution < -0.4 is 10.6 Å². The molecule has 0 atom stereocenters. The van der Waals surface area contributed by atoms with E-state index < -0.39 is 0 Å². The summed E-state index contributed by atoms with van der Waals surface area (Å²) in [6.45, 7) is 0. The summed E-state index contributed by atoms with van der Waals surface area (Å²) in [6.07, 6.45) is 1.81. The van der Waals surface area contributed by atoms with E-state index in [0.717, 1.165) is 21.1 Å². The summed E-state index contributed by atoms with van der Waals surface area (Å²) in [5, 5.41) is 17.2. The Labute approximate surface area is 114 Å². The molecule has 90 valence electrons. The third-order valence-corrected chi connectivity index (χ3v) is 3.00. The van der Waals surface area contributed by atoms with Crippen molar-refractivity contribution in [2.24, 2.45) is 0 Å². The molecular formula is C14H12BrN3. The van der Waals surface area contributed by atoms with Crippen LogP contribution in [0.3, 0.4) is 0 Å². The molecule has 0 aliphatic rings. The minimum atomic E-state index is 0.685. The lowest BCUT2D eigenvalue weighted by molar-refractivity contribution is 1.10. The van der Waals surface area contributed by atoms with E-state index in [9.17, 15) is 0 Å². The Bertz CT molecular complexity index is 641. The fourth-order valence-corrected chi connectivity index (χ4v) is 2.24. The van der Waals surface area contributed by atoms with Crippen LogP contribution in [-0.4, -0.2) is 7.05 Å². The molecule has 0 aliphatic heterocycles. The summed E-state index contributed by atoms with van der Waals surface area (Å²) in [6, 6.07) is 13.8. The van der Waals surface area contributed by atoms with Gasteiger partial charge in [-0.2, -0.15) is 5.26 Å². The van der Waals surface area contributed by atoms with Gasteiger partial charge in [0, 0.05) is 29.7 Å². The van der Waals surface area contributed by atoms with Gasteiger partial charge < -0.3 is 10.6 Å². The van der Waals surface area contributed by atoms with Gasteiger partial charge in [0.25, 0.3) is 0 Å². The molecule has 4 heteroatoms. The first kappa shape index (κ1) is 12.5. The van der Waals surface area contributed by atoms with Gasteiger partial charge in [-0.25, -0.2) is 0 Å². The Morgan fingerprint density at radius 3 is 2.61 bits per heavy atom. The van der Waals surface area contributed by atoms with Crippen LogP contribution in [0.1, 0.15) is 5.56 Å². The Hall–Kier alpha value is -1.99. The molecule has 0 aromatic heterocycles. The summed E-state index contributed by atoms with van der Waals surface area (Å²) in [5.41, 5.74) is 1.65. The largest absolute Gasteiger partial charge is 0.392 e. The first-order valence-electron chi connectivity index (χ1n) is 5.48. The SMILES string of the molecule is CN/C=C(/Br)Nc1ccc(C#N)c2ccccc12. The molecule has 0 spiro atoms. The third kappa shape index (κ3) is 2.47. The number of rotatable bonds is 3. The fourth-order valence-electron chi connectivity index (χ4n) is 1.80. The molecule has 18 heavy (non-hydrogen) atoms. The number of anilines is 1. The highest BCUT2D eigenvalue weighted by Gasteiger charge is 2.05. The Morgan fingerprint density at radius 2 is 1.94 bits per heavy atom. The van der Waals surface area contributed by atoms with Gasteiger partial charge in [-0.3, -0.25) is 0 Å². The number of hydrogen-bond acceptors (Lipinski definition) is 3. The van der Waals surface area contributed by atoms with E-state index in [1.54, 1.807) is 0 Å². The zero-order valence-corrected chi connectivity index (χ0v) is 11.5. The molecule has 2 aromatic rings. The van der Waals surface area contributed by atoms with Gasteiger partial charge in [-0.1, -0.05) is 24.3 Å². The molecule has 0 saturated carbocycles. The number of hydrogen-bond donors (Lipinski definition) is 2. The summed E-state index contributed by atoms with van der Waals surface area (Å²) >= 11 is 3.42. The molecule has 0 unspecified atom stereocenters. The first-order chi connectivity index (χ1) is 8.76. The Balaban J connectivity index is 2.54. The molecule has 2 aromatic carbocycles. The van der Waals surface area contributed by atoms with Crippen molar-refractivity contribution in [3.8, 4) is 6.07 Å². The van der Waals surface area contributed by atoms with Crippen molar-refractivity contribution in [2.45, 2.75) is 0 Å². The van der Waals surface area contributed by atoms with Crippen LogP contribution >= 0.6 is 15.9 Å². The highest BCUT2D eigenvalue weighted by Crippen LogP contribution is 2.27. The van der Waals surface area contributed by atoms with E-state index >= 15 is 0 Å². The lowest BCUT2D eigenvalue weighted by Crippen LogP contribution is -2.00. The molecule has 0 fully saturated rings. The molecule has 0 amide bonds. The van der Waals surface area contributed by atoms with Crippen LogP contribution in [-0.2, 0) is 0 Å². The van der Waals surface area contributed by atoms with Crippen molar-refractivity contribution in [3.05, 3.63) is 52.8 Å². The van der Waals surface area contributed by atoms with Crippen molar-refractivity contribution in [1.82, 2.24) is 5.32 Å². The van der Waals surface area contributed by atoms with Crippen LogP contribution in [0.5, 0.6) is 0 Å². The van der Waals surface area contributed by atoms with Crippen LogP contribution in [0.2, 0.25) is 0 Å². The lowest BCUT2D eigenvalue weighted by atomic mass is 10.0. The van der Waals surface area contributed by atoms with Gasteiger partial charge in [0.05, 0.1) is 16.2 Å². The van der Waals surface area contributed by atoms with Gasteiger partial charge in [-0.05, 0) is 28.1 Å². The van der Waals surface area contributed by atoms with E-state index in [-0.39, 0.29) is 0 Å². The first-order valence-corrected chi connectivity index (χ1v) is 6.27. The van der Waals surface area contributed by atoms with E-state index in [2.05, 4.69) is 32.6 Å². The smallest absolute Gasteiger partial charge is 0.0998 e. The normalized spacial score (nSPS) is 11.1. The number of nitrogens with one attached hydrogen (secondary N) is 2. The summed E-state index contributed by atoms with van der Waals surface area (Å²) in [4.78, 5) is 0. The monoisotopic (exact) mass is 301 g/mol. The Morgan fingerprint density at radius 1 is 1.22 bits per heavy atom. The maximum atomic E-state index is 9.09. The van der Waals surface area contributed by atoms with Crippen molar-refractivity contribution >= 4 is 32.4 Å². The predicted molar refractivity (Wildman–Crippen MR) is 78.4 cm³/mol. The molecule has 2 rings (SSSR count). The van der Waals surface area contributed by atoms with Gasteiger partial charge in [0.15, 0.2) is 0 Å². The van der Waals surface area contributed by atoms with E-state index in [1.807, 2.05) is 49.6 Å². The molecule has 0 aliphatic carbocycles. The second-order valence-corrected chi connectivity index (χ2v) is 4.58. The summed E-state index contributed by atoms with van der Waals surface area (Å²) in [5.74, 6) is 0. The van der Waals surface area contributed by atoms with Crippen LogP contribution in [0, 0.1) is 11.3 Å².